The first kappa shape index (κ1) is 15.5. The third kappa shape index (κ3) is 4.32. The lowest BCUT2D eigenvalue weighted by Crippen LogP contribution is -2.14. The predicted octanol–water partition coefficient (Wildman–Crippen LogP) is 3.42. The quantitative estimate of drug-likeness (QED) is 0.800. The van der Waals surface area contributed by atoms with Crippen LogP contribution in [-0.2, 0) is 0 Å². The molecule has 0 fully saturated rings. The molecule has 0 aliphatic carbocycles. The van der Waals surface area contributed by atoms with Crippen LogP contribution in [0.3, 0.4) is 0 Å². The zero-order valence-corrected chi connectivity index (χ0v) is 12.5. The number of carbonyl (C=O) groups excluding carboxylic acids is 1. The minimum Gasteiger partial charge on any atom is -0.385 e. The molecule has 1 amide bonds. The van der Waals surface area contributed by atoms with Gasteiger partial charge in [0.25, 0.3) is 5.91 Å². The maximum absolute atomic E-state index is 12.2. The first-order chi connectivity index (χ1) is 10.7. The summed E-state index contributed by atoms with van der Waals surface area (Å²) in [6.45, 7) is 3.00. The summed E-state index contributed by atoms with van der Waals surface area (Å²) in [7, 11) is 0. The van der Waals surface area contributed by atoms with Crippen molar-refractivity contribution in [2.45, 2.75) is 19.8 Å². The lowest BCUT2D eigenvalue weighted by Gasteiger charge is -2.08. The molecule has 0 unspecified atom stereocenters. The van der Waals surface area contributed by atoms with E-state index in [1.165, 1.54) is 0 Å². The lowest BCUT2D eigenvalue weighted by atomic mass is 10.2. The molecule has 0 spiro atoms. The number of rotatable bonds is 6. The molecule has 0 saturated heterocycles. The molecule has 2 rings (SSSR count). The summed E-state index contributed by atoms with van der Waals surface area (Å²) >= 11 is 0. The van der Waals surface area contributed by atoms with Crippen LogP contribution in [0, 0.1) is 11.3 Å². The normalized spacial score (nSPS) is 9.82. The van der Waals surface area contributed by atoms with E-state index < -0.39 is 0 Å². The zero-order valence-electron chi connectivity index (χ0n) is 12.5. The molecule has 112 valence electrons. The molecular formula is C17H18N4O. The monoisotopic (exact) mass is 294 g/mol. The first-order valence-corrected chi connectivity index (χ1v) is 7.24. The van der Waals surface area contributed by atoms with E-state index in [0.29, 0.717) is 16.9 Å². The number of benzene rings is 1. The smallest absolute Gasteiger partial charge is 0.274 e. The molecule has 5 nitrogen and oxygen atoms in total. The van der Waals surface area contributed by atoms with Gasteiger partial charge in [-0.2, -0.15) is 5.26 Å². The molecule has 5 heteroatoms. The molecule has 1 aromatic heterocycles. The van der Waals surface area contributed by atoms with Gasteiger partial charge in [0.15, 0.2) is 0 Å². The molecule has 0 atom stereocenters. The maximum atomic E-state index is 12.2. The van der Waals surface area contributed by atoms with Gasteiger partial charge in [-0.25, -0.2) is 0 Å². The van der Waals surface area contributed by atoms with E-state index in [0.717, 1.165) is 25.1 Å². The molecule has 0 bridgehead atoms. The molecule has 0 saturated carbocycles. The van der Waals surface area contributed by atoms with Crippen molar-refractivity contribution in [3.63, 3.8) is 0 Å². The van der Waals surface area contributed by atoms with Gasteiger partial charge in [-0.05, 0) is 42.8 Å². The highest BCUT2D eigenvalue weighted by atomic mass is 16.1. The number of nitrogens with one attached hydrogen (secondary N) is 2. The Labute approximate surface area is 130 Å². The summed E-state index contributed by atoms with van der Waals surface area (Å²) in [5.41, 5.74) is 2.42. The maximum Gasteiger partial charge on any atom is 0.274 e. The predicted molar refractivity (Wildman–Crippen MR) is 86.7 cm³/mol. The standard InChI is InChI=1S/C17H18N4O/c1-2-3-9-19-15-8-10-20-16(11-15)17(22)21-14-6-4-13(12-18)5-7-14/h4-8,10-11H,2-3,9H2,1H3,(H,19,20)(H,21,22). The highest BCUT2D eigenvalue weighted by molar-refractivity contribution is 6.03. The second-order valence-electron chi connectivity index (χ2n) is 4.85. The van der Waals surface area contributed by atoms with Crippen LogP contribution >= 0.6 is 0 Å². The second kappa shape index (κ2) is 7.79. The van der Waals surface area contributed by atoms with Crippen molar-refractivity contribution in [2.75, 3.05) is 17.2 Å². The first-order valence-electron chi connectivity index (χ1n) is 7.24. The fourth-order valence-corrected chi connectivity index (χ4v) is 1.90. The average Bonchev–Trinajstić information content (AvgIpc) is 2.56. The molecule has 2 N–H and O–H groups in total. The van der Waals surface area contributed by atoms with Gasteiger partial charge < -0.3 is 10.6 Å². The lowest BCUT2D eigenvalue weighted by molar-refractivity contribution is 0.102. The van der Waals surface area contributed by atoms with Crippen LogP contribution in [0.4, 0.5) is 11.4 Å². The van der Waals surface area contributed by atoms with Crippen molar-refractivity contribution >= 4 is 17.3 Å². The van der Waals surface area contributed by atoms with Crippen molar-refractivity contribution in [1.82, 2.24) is 4.98 Å². The van der Waals surface area contributed by atoms with E-state index in [9.17, 15) is 4.79 Å². The van der Waals surface area contributed by atoms with Crippen molar-refractivity contribution in [1.29, 1.82) is 5.26 Å². The van der Waals surface area contributed by atoms with Gasteiger partial charge >= 0.3 is 0 Å². The Bertz CT molecular complexity index is 674. The van der Waals surface area contributed by atoms with Crippen molar-refractivity contribution in [2.24, 2.45) is 0 Å². The number of amides is 1. The van der Waals surface area contributed by atoms with Gasteiger partial charge in [-0.3, -0.25) is 9.78 Å². The van der Waals surface area contributed by atoms with Crippen LogP contribution in [0.25, 0.3) is 0 Å². The fourth-order valence-electron chi connectivity index (χ4n) is 1.90. The number of carbonyl (C=O) groups is 1. The van der Waals surface area contributed by atoms with E-state index in [1.807, 2.05) is 12.1 Å². The Balaban J connectivity index is 2.02. The summed E-state index contributed by atoms with van der Waals surface area (Å²) in [5.74, 6) is -0.274. The van der Waals surface area contributed by atoms with Gasteiger partial charge in [-0.1, -0.05) is 13.3 Å². The van der Waals surface area contributed by atoms with Crippen LogP contribution in [0.1, 0.15) is 35.8 Å². The minimum atomic E-state index is -0.274. The van der Waals surface area contributed by atoms with Crippen LogP contribution in [0.15, 0.2) is 42.6 Å². The molecule has 2 aromatic rings. The number of unbranched alkanes of at least 4 members (excludes halogenated alkanes) is 1. The minimum absolute atomic E-state index is 0.274. The highest BCUT2D eigenvalue weighted by Gasteiger charge is 2.08. The highest BCUT2D eigenvalue weighted by Crippen LogP contribution is 2.12. The van der Waals surface area contributed by atoms with E-state index in [-0.39, 0.29) is 5.91 Å². The molecule has 1 heterocycles. The van der Waals surface area contributed by atoms with Gasteiger partial charge in [-0.15, -0.1) is 0 Å². The second-order valence-corrected chi connectivity index (χ2v) is 4.85. The molecule has 0 radical (unpaired) electrons. The number of hydrogen-bond acceptors (Lipinski definition) is 4. The number of nitrogens with zero attached hydrogens (tertiary/aromatic N) is 2. The Morgan fingerprint density at radius 1 is 1.23 bits per heavy atom. The van der Waals surface area contributed by atoms with E-state index in [4.69, 9.17) is 5.26 Å². The Hall–Kier alpha value is -2.87. The van der Waals surface area contributed by atoms with Gasteiger partial charge in [0.1, 0.15) is 5.69 Å². The van der Waals surface area contributed by atoms with Crippen LogP contribution in [-0.4, -0.2) is 17.4 Å². The largest absolute Gasteiger partial charge is 0.385 e. The Morgan fingerprint density at radius 3 is 2.68 bits per heavy atom. The molecule has 0 aliphatic heterocycles. The number of aromatic nitrogens is 1. The van der Waals surface area contributed by atoms with Crippen molar-refractivity contribution in [3.8, 4) is 6.07 Å². The SMILES string of the molecule is CCCCNc1ccnc(C(=O)Nc2ccc(C#N)cc2)c1. The molecule has 22 heavy (non-hydrogen) atoms. The van der Waals surface area contributed by atoms with Crippen molar-refractivity contribution < 1.29 is 4.79 Å². The fraction of sp³-hybridized carbons (Fsp3) is 0.235. The number of hydrogen-bond donors (Lipinski definition) is 2. The van der Waals surface area contributed by atoms with E-state index in [1.54, 1.807) is 36.5 Å². The zero-order chi connectivity index (χ0) is 15.8. The molecular weight excluding hydrogens is 276 g/mol. The third-order valence-corrected chi connectivity index (χ3v) is 3.12. The van der Waals surface area contributed by atoms with Crippen LogP contribution in [0.5, 0.6) is 0 Å². The molecule has 0 aliphatic rings. The number of pyridine rings is 1. The number of nitriles is 1. The van der Waals surface area contributed by atoms with Crippen LogP contribution in [0.2, 0.25) is 0 Å². The van der Waals surface area contributed by atoms with Crippen LogP contribution < -0.4 is 10.6 Å². The van der Waals surface area contributed by atoms with Gasteiger partial charge in [0, 0.05) is 24.1 Å². The Morgan fingerprint density at radius 2 is 2.00 bits per heavy atom. The van der Waals surface area contributed by atoms with E-state index >= 15 is 0 Å². The topological polar surface area (TPSA) is 77.8 Å². The van der Waals surface area contributed by atoms with Gasteiger partial charge in [0.05, 0.1) is 11.6 Å². The van der Waals surface area contributed by atoms with E-state index in [2.05, 4.69) is 22.5 Å². The summed E-state index contributed by atoms with van der Waals surface area (Å²) < 4.78 is 0. The van der Waals surface area contributed by atoms with Crippen molar-refractivity contribution in [3.05, 3.63) is 53.9 Å². The third-order valence-electron chi connectivity index (χ3n) is 3.12. The Kier molecular flexibility index (Phi) is 5.50. The average molecular weight is 294 g/mol. The van der Waals surface area contributed by atoms with Gasteiger partial charge in [0.2, 0.25) is 0 Å². The number of anilines is 2. The summed E-state index contributed by atoms with van der Waals surface area (Å²) in [4.78, 5) is 16.3. The molecule has 1 aromatic carbocycles. The summed E-state index contributed by atoms with van der Waals surface area (Å²) in [6.07, 6.45) is 3.81. The summed E-state index contributed by atoms with van der Waals surface area (Å²) in [6, 6.07) is 12.3. The summed E-state index contributed by atoms with van der Waals surface area (Å²) in [5, 5.41) is 14.8.